The van der Waals surface area contributed by atoms with Gasteiger partial charge in [0.2, 0.25) is 5.89 Å². The molecular formula is C24H25NO4. The zero-order chi connectivity index (χ0) is 20.2. The molecule has 1 N–H and O–H groups in total. The van der Waals surface area contributed by atoms with E-state index in [0.717, 1.165) is 41.8 Å². The molecule has 0 aliphatic heterocycles. The maximum absolute atomic E-state index is 11.3. The van der Waals surface area contributed by atoms with E-state index in [0.29, 0.717) is 18.9 Å². The van der Waals surface area contributed by atoms with E-state index in [9.17, 15) is 9.90 Å². The van der Waals surface area contributed by atoms with Crippen molar-refractivity contribution in [1.82, 2.24) is 4.98 Å². The van der Waals surface area contributed by atoms with Gasteiger partial charge in [-0.3, -0.25) is 4.79 Å². The summed E-state index contributed by atoms with van der Waals surface area (Å²) in [6.45, 7) is 2.30. The lowest BCUT2D eigenvalue weighted by Gasteiger charge is -2.16. The Hall–Kier alpha value is -3.08. The van der Waals surface area contributed by atoms with Crippen LogP contribution in [0.5, 0.6) is 5.75 Å². The van der Waals surface area contributed by atoms with E-state index in [2.05, 4.69) is 17.1 Å². The summed E-state index contributed by atoms with van der Waals surface area (Å²) in [7, 11) is 0. The van der Waals surface area contributed by atoms with Gasteiger partial charge in [0.25, 0.3) is 0 Å². The highest BCUT2D eigenvalue weighted by molar-refractivity contribution is 5.71. The predicted molar refractivity (Wildman–Crippen MR) is 111 cm³/mol. The number of carboxylic acid groups (broad SMARTS) is 1. The Kier molecular flexibility index (Phi) is 5.65. The van der Waals surface area contributed by atoms with Crippen LogP contribution in [-0.2, 0) is 17.6 Å². The maximum atomic E-state index is 11.3. The van der Waals surface area contributed by atoms with Crippen molar-refractivity contribution in [2.45, 2.75) is 38.5 Å². The highest BCUT2D eigenvalue weighted by Gasteiger charge is 2.31. The Morgan fingerprint density at radius 2 is 2.28 bits per heavy atom. The molecule has 2 aliphatic rings. The number of hydrogen-bond acceptors (Lipinski definition) is 4. The van der Waals surface area contributed by atoms with Gasteiger partial charge in [0.15, 0.2) is 0 Å². The molecule has 1 aromatic carbocycles. The minimum absolute atomic E-state index is 0.0901. The first-order valence-electron chi connectivity index (χ1n) is 10.1. The Bertz CT molecular complexity index is 983. The summed E-state index contributed by atoms with van der Waals surface area (Å²) in [6.07, 6.45) is 15.2. The van der Waals surface area contributed by atoms with Crippen LogP contribution in [0.2, 0.25) is 0 Å². The molecule has 5 nitrogen and oxygen atoms in total. The number of ether oxygens (including phenoxy) is 1. The van der Waals surface area contributed by atoms with Crippen LogP contribution in [0.15, 0.2) is 59.3 Å². The van der Waals surface area contributed by atoms with Crippen molar-refractivity contribution in [2.75, 3.05) is 6.61 Å². The van der Waals surface area contributed by atoms with Gasteiger partial charge in [-0.05, 0) is 54.5 Å². The normalized spacial score (nSPS) is 18.8. The fourth-order valence-electron chi connectivity index (χ4n) is 3.96. The Morgan fingerprint density at radius 3 is 3.14 bits per heavy atom. The molecule has 2 atom stereocenters. The smallest absolute Gasteiger partial charge is 0.306 e. The molecule has 0 radical (unpaired) electrons. The van der Waals surface area contributed by atoms with E-state index in [4.69, 9.17) is 9.15 Å². The molecule has 1 heterocycles. The summed E-state index contributed by atoms with van der Waals surface area (Å²) in [6, 6.07) is 6.01. The molecule has 0 amide bonds. The topological polar surface area (TPSA) is 72.6 Å². The second kappa shape index (κ2) is 8.52. The third-order valence-electron chi connectivity index (χ3n) is 5.64. The van der Waals surface area contributed by atoms with Crippen molar-refractivity contribution in [3.05, 3.63) is 77.6 Å². The van der Waals surface area contributed by atoms with Crippen molar-refractivity contribution >= 4 is 11.5 Å². The molecule has 4 rings (SSSR count). The maximum Gasteiger partial charge on any atom is 0.306 e. The Balaban J connectivity index is 1.34. The molecule has 0 saturated carbocycles. The Labute approximate surface area is 170 Å². The van der Waals surface area contributed by atoms with Crippen molar-refractivity contribution in [1.29, 1.82) is 0 Å². The first-order chi connectivity index (χ1) is 14.1. The number of benzene rings is 1. The molecule has 0 saturated heterocycles. The average Bonchev–Trinajstić information content (AvgIpc) is 3.26. The zero-order valence-corrected chi connectivity index (χ0v) is 16.5. The number of carboxylic acids is 1. The van der Waals surface area contributed by atoms with Crippen LogP contribution in [-0.4, -0.2) is 22.7 Å². The van der Waals surface area contributed by atoms with Crippen LogP contribution in [0.25, 0.3) is 5.57 Å². The number of hydrogen-bond donors (Lipinski definition) is 1. The van der Waals surface area contributed by atoms with Crippen molar-refractivity contribution in [2.24, 2.45) is 5.92 Å². The lowest BCUT2D eigenvalue weighted by molar-refractivity contribution is -0.141. The predicted octanol–water partition coefficient (Wildman–Crippen LogP) is 4.95. The molecule has 0 fully saturated rings. The lowest BCUT2D eigenvalue weighted by atomic mass is 9.89. The van der Waals surface area contributed by atoms with Gasteiger partial charge in [-0.25, -0.2) is 4.98 Å². The number of carbonyl (C=O) groups is 1. The highest BCUT2D eigenvalue weighted by Crippen LogP contribution is 2.39. The largest absolute Gasteiger partial charge is 0.493 e. The van der Waals surface area contributed by atoms with Crippen LogP contribution in [0.1, 0.15) is 48.4 Å². The standard InChI is InChI=1S/C24H25NO4/c1-16(24(26)27)21-10-8-18-14-20(9-11-22(18)21)28-13-12-19-15-29-23(25-19)17-6-4-2-3-5-7-17/h2,4-7,9,11,14-16,21H,3,8,10,12-13H2,1H3,(H,26,27). The summed E-state index contributed by atoms with van der Waals surface area (Å²) >= 11 is 0. The first kappa shape index (κ1) is 19.2. The third-order valence-corrected chi connectivity index (χ3v) is 5.64. The lowest BCUT2D eigenvalue weighted by Crippen LogP contribution is -2.17. The second-order valence-corrected chi connectivity index (χ2v) is 7.56. The molecule has 2 unspecified atom stereocenters. The van der Waals surface area contributed by atoms with Gasteiger partial charge >= 0.3 is 5.97 Å². The number of aromatic nitrogens is 1. The average molecular weight is 391 g/mol. The van der Waals surface area contributed by atoms with Gasteiger partial charge in [0.1, 0.15) is 12.0 Å². The summed E-state index contributed by atoms with van der Waals surface area (Å²) in [5, 5.41) is 9.30. The third kappa shape index (κ3) is 4.34. The van der Waals surface area contributed by atoms with E-state index >= 15 is 0 Å². The Morgan fingerprint density at radius 1 is 1.38 bits per heavy atom. The molecule has 29 heavy (non-hydrogen) atoms. The van der Waals surface area contributed by atoms with E-state index in [1.54, 1.807) is 13.2 Å². The van der Waals surface area contributed by atoms with Crippen LogP contribution < -0.4 is 4.74 Å². The quantitative estimate of drug-likeness (QED) is 0.723. The number of fused-ring (bicyclic) bond motifs is 1. The number of allylic oxidation sites excluding steroid dienone is 6. The molecule has 5 heteroatoms. The number of nitrogens with zero attached hydrogens (tertiary/aromatic N) is 1. The molecular weight excluding hydrogens is 366 g/mol. The van der Waals surface area contributed by atoms with Crippen LogP contribution in [0, 0.1) is 5.92 Å². The summed E-state index contributed by atoms with van der Waals surface area (Å²) in [5.41, 5.74) is 4.17. The number of aliphatic carboxylic acids is 1. The summed E-state index contributed by atoms with van der Waals surface area (Å²) in [4.78, 5) is 15.9. The van der Waals surface area contributed by atoms with Crippen LogP contribution in [0.4, 0.5) is 0 Å². The molecule has 150 valence electrons. The van der Waals surface area contributed by atoms with Crippen molar-refractivity contribution in [3.8, 4) is 5.75 Å². The van der Waals surface area contributed by atoms with Gasteiger partial charge in [-0.2, -0.15) is 0 Å². The second-order valence-electron chi connectivity index (χ2n) is 7.56. The number of oxazole rings is 1. The first-order valence-corrected chi connectivity index (χ1v) is 10.1. The molecule has 0 spiro atoms. The van der Waals surface area contributed by atoms with E-state index in [1.807, 2.05) is 36.4 Å². The zero-order valence-electron chi connectivity index (χ0n) is 16.5. The van der Waals surface area contributed by atoms with Gasteiger partial charge in [-0.15, -0.1) is 0 Å². The SMILES string of the molecule is CC(C(=O)O)C1CCc2cc(OCCc3coc(C4=CC=CCC=C4)n3)ccc21. The summed E-state index contributed by atoms with van der Waals surface area (Å²) in [5.74, 6) is 0.432. The molecule has 1 aromatic heterocycles. The van der Waals surface area contributed by atoms with Gasteiger partial charge in [0.05, 0.1) is 18.2 Å². The molecule has 0 bridgehead atoms. The van der Waals surface area contributed by atoms with E-state index in [1.165, 1.54) is 5.56 Å². The minimum atomic E-state index is -0.735. The van der Waals surface area contributed by atoms with Crippen LogP contribution >= 0.6 is 0 Å². The van der Waals surface area contributed by atoms with Crippen LogP contribution in [0.3, 0.4) is 0 Å². The monoisotopic (exact) mass is 391 g/mol. The van der Waals surface area contributed by atoms with Gasteiger partial charge < -0.3 is 14.3 Å². The van der Waals surface area contributed by atoms with Gasteiger partial charge in [-0.1, -0.05) is 37.3 Å². The number of rotatable bonds is 7. The van der Waals surface area contributed by atoms with Gasteiger partial charge in [0, 0.05) is 12.0 Å². The van der Waals surface area contributed by atoms with E-state index in [-0.39, 0.29) is 11.8 Å². The molecule has 2 aromatic rings. The van der Waals surface area contributed by atoms with Crippen molar-refractivity contribution in [3.63, 3.8) is 0 Å². The fraction of sp³-hybridized carbons (Fsp3) is 0.333. The van der Waals surface area contributed by atoms with Crippen molar-refractivity contribution < 1.29 is 19.1 Å². The minimum Gasteiger partial charge on any atom is -0.493 e. The van der Waals surface area contributed by atoms with E-state index < -0.39 is 5.97 Å². The number of aryl methyl sites for hydroxylation is 1. The fourth-order valence-corrected chi connectivity index (χ4v) is 3.96. The summed E-state index contributed by atoms with van der Waals surface area (Å²) < 4.78 is 11.5. The highest BCUT2D eigenvalue weighted by atomic mass is 16.5. The molecule has 2 aliphatic carbocycles.